The van der Waals surface area contributed by atoms with Gasteiger partial charge in [0.05, 0.1) is 25.9 Å². The molecule has 2 atom stereocenters. The summed E-state index contributed by atoms with van der Waals surface area (Å²) >= 11 is 0. The van der Waals surface area contributed by atoms with Crippen molar-refractivity contribution < 1.29 is 19.7 Å². The lowest BCUT2D eigenvalue weighted by atomic mass is 9.97. The van der Waals surface area contributed by atoms with Gasteiger partial charge in [-0.25, -0.2) is 0 Å². The molecule has 1 aliphatic heterocycles. The third-order valence-electron chi connectivity index (χ3n) is 2.75. The average Bonchev–Trinajstić information content (AvgIpc) is 2.54. The lowest BCUT2D eigenvalue weighted by molar-refractivity contribution is -0.0270. The summed E-state index contributed by atoms with van der Waals surface area (Å²) in [4.78, 5) is 0. The van der Waals surface area contributed by atoms with Gasteiger partial charge < -0.3 is 25.0 Å². The minimum atomic E-state index is -0.739. The van der Waals surface area contributed by atoms with Crippen molar-refractivity contribution in [3.05, 3.63) is 0 Å². The molecule has 90 valence electrons. The highest BCUT2D eigenvalue weighted by Gasteiger charge is 2.38. The van der Waals surface area contributed by atoms with Gasteiger partial charge in [0.1, 0.15) is 5.60 Å². The Morgan fingerprint density at radius 2 is 2.33 bits per heavy atom. The Morgan fingerprint density at radius 1 is 1.53 bits per heavy atom. The second-order valence-electron chi connectivity index (χ2n) is 3.88. The summed E-state index contributed by atoms with van der Waals surface area (Å²) in [5, 5.41) is 21.7. The zero-order chi connectivity index (χ0) is 11.1. The molecule has 15 heavy (non-hydrogen) atoms. The van der Waals surface area contributed by atoms with E-state index in [0.29, 0.717) is 39.3 Å². The van der Waals surface area contributed by atoms with E-state index in [0.717, 1.165) is 0 Å². The van der Waals surface area contributed by atoms with Gasteiger partial charge in [-0.3, -0.25) is 0 Å². The van der Waals surface area contributed by atoms with Crippen LogP contribution in [0.25, 0.3) is 0 Å². The van der Waals surface area contributed by atoms with E-state index in [1.165, 1.54) is 0 Å². The fourth-order valence-electron chi connectivity index (χ4n) is 1.62. The predicted octanol–water partition coefficient (Wildman–Crippen LogP) is -0.875. The van der Waals surface area contributed by atoms with Gasteiger partial charge in [-0.15, -0.1) is 0 Å². The highest BCUT2D eigenvalue weighted by atomic mass is 16.5. The van der Waals surface area contributed by atoms with Crippen molar-refractivity contribution in [2.45, 2.75) is 25.0 Å². The molecule has 0 spiro atoms. The largest absolute Gasteiger partial charge is 0.394 e. The molecule has 2 unspecified atom stereocenters. The Morgan fingerprint density at radius 3 is 2.93 bits per heavy atom. The molecule has 0 bridgehead atoms. The zero-order valence-electron chi connectivity index (χ0n) is 9.24. The second-order valence-corrected chi connectivity index (χ2v) is 3.88. The zero-order valence-corrected chi connectivity index (χ0v) is 9.24. The van der Waals surface area contributed by atoms with Crippen LogP contribution < -0.4 is 5.32 Å². The molecule has 5 nitrogen and oxygen atoms in total. The molecule has 3 N–H and O–H groups in total. The van der Waals surface area contributed by atoms with Crippen molar-refractivity contribution >= 4 is 0 Å². The quantitative estimate of drug-likeness (QED) is 0.485. The van der Waals surface area contributed by atoms with E-state index < -0.39 is 5.60 Å². The summed E-state index contributed by atoms with van der Waals surface area (Å²) in [6.45, 7) is 4.68. The van der Waals surface area contributed by atoms with Crippen molar-refractivity contribution in [2.24, 2.45) is 0 Å². The first kappa shape index (κ1) is 12.9. The maximum absolute atomic E-state index is 10.1. The molecule has 0 saturated carbocycles. The van der Waals surface area contributed by atoms with Gasteiger partial charge in [0, 0.05) is 26.1 Å². The van der Waals surface area contributed by atoms with Crippen LogP contribution in [0, 0.1) is 0 Å². The number of hydrogen-bond acceptors (Lipinski definition) is 5. The standard InChI is InChI=1S/C10H21NO4/c1-9-10(13,2-5-15-9)8-11-3-6-14-7-4-12/h9,11-13H,2-8H2,1H3. The van der Waals surface area contributed by atoms with Gasteiger partial charge in [-0.2, -0.15) is 0 Å². The van der Waals surface area contributed by atoms with Crippen LogP contribution in [-0.4, -0.2) is 61.4 Å². The van der Waals surface area contributed by atoms with Gasteiger partial charge in [0.15, 0.2) is 0 Å². The Hall–Kier alpha value is -0.200. The molecule has 1 heterocycles. The van der Waals surface area contributed by atoms with Crippen LogP contribution in [-0.2, 0) is 9.47 Å². The molecule has 1 fully saturated rings. The monoisotopic (exact) mass is 219 g/mol. The number of ether oxygens (including phenoxy) is 2. The van der Waals surface area contributed by atoms with Crippen molar-refractivity contribution in [1.29, 1.82) is 0 Å². The SMILES string of the molecule is CC1OCCC1(O)CNCCOCCO. The van der Waals surface area contributed by atoms with Gasteiger partial charge in [-0.1, -0.05) is 0 Å². The van der Waals surface area contributed by atoms with E-state index in [1.807, 2.05) is 6.92 Å². The van der Waals surface area contributed by atoms with Crippen LogP contribution in [0.15, 0.2) is 0 Å². The molecule has 1 saturated heterocycles. The smallest absolute Gasteiger partial charge is 0.105 e. The predicted molar refractivity (Wildman–Crippen MR) is 55.8 cm³/mol. The molecule has 0 aliphatic carbocycles. The fourth-order valence-corrected chi connectivity index (χ4v) is 1.62. The molecule has 0 aromatic carbocycles. The van der Waals surface area contributed by atoms with Crippen LogP contribution in [0.3, 0.4) is 0 Å². The van der Waals surface area contributed by atoms with Crippen LogP contribution in [0.4, 0.5) is 0 Å². The molecule has 0 aromatic rings. The first-order valence-electron chi connectivity index (χ1n) is 5.42. The van der Waals surface area contributed by atoms with Crippen molar-refractivity contribution in [3.63, 3.8) is 0 Å². The topological polar surface area (TPSA) is 71.0 Å². The Kier molecular flexibility index (Phi) is 5.49. The summed E-state index contributed by atoms with van der Waals surface area (Å²) in [6, 6.07) is 0. The molecular weight excluding hydrogens is 198 g/mol. The van der Waals surface area contributed by atoms with E-state index in [9.17, 15) is 5.11 Å². The average molecular weight is 219 g/mol. The number of hydrogen-bond donors (Lipinski definition) is 3. The molecular formula is C10H21NO4. The summed E-state index contributed by atoms with van der Waals surface area (Å²) in [5.41, 5.74) is -0.739. The van der Waals surface area contributed by atoms with E-state index in [1.54, 1.807) is 0 Å². The molecule has 0 aromatic heterocycles. The number of rotatable bonds is 7. The van der Waals surface area contributed by atoms with Crippen molar-refractivity contribution in [1.82, 2.24) is 5.32 Å². The van der Waals surface area contributed by atoms with Crippen LogP contribution in [0.2, 0.25) is 0 Å². The highest BCUT2D eigenvalue weighted by Crippen LogP contribution is 2.24. The van der Waals surface area contributed by atoms with E-state index >= 15 is 0 Å². The first-order valence-corrected chi connectivity index (χ1v) is 5.42. The van der Waals surface area contributed by atoms with Crippen LogP contribution in [0.5, 0.6) is 0 Å². The Bertz CT molecular complexity index is 179. The van der Waals surface area contributed by atoms with Crippen molar-refractivity contribution in [3.8, 4) is 0 Å². The minimum Gasteiger partial charge on any atom is -0.394 e. The number of nitrogens with one attached hydrogen (secondary N) is 1. The minimum absolute atomic E-state index is 0.0504. The number of aliphatic hydroxyl groups is 2. The third-order valence-corrected chi connectivity index (χ3v) is 2.75. The highest BCUT2D eigenvalue weighted by molar-refractivity contribution is 4.91. The number of aliphatic hydroxyl groups excluding tert-OH is 1. The summed E-state index contributed by atoms with van der Waals surface area (Å²) in [7, 11) is 0. The molecule has 0 amide bonds. The van der Waals surface area contributed by atoms with Gasteiger partial charge >= 0.3 is 0 Å². The lowest BCUT2D eigenvalue weighted by Crippen LogP contribution is -2.46. The Balaban J connectivity index is 2.04. The summed E-state index contributed by atoms with van der Waals surface area (Å²) in [6.07, 6.45) is 0.571. The molecule has 1 aliphatic rings. The fraction of sp³-hybridized carbons (Fsp3) is 1.00. The van der Waals surface area contributed by atoms with Gasteiger partial charge in [-0.05, 0) is 6.92 Å². The molecule has 1 rings (SSSR count). The van der Waals surface area contributed by atoms with Crippen LogP contribution >= 0.6 is 0 Å². The van der Waals surface area contributed by atoms with Gasteiger partial charge in [0.25, 0.3) is 0 Å². The maximum atomic E-state index is 10.1. The van der Waals surface area contributed by atoms with E-state index in [2.05, 4.69) is 5.32 Å². The third kappa shape index (κ3) is 4.04. The maximum Gasteiger partial charge on any atom is 0.105 e. The molecule has 0 radical (unpaired) electrons. The van der Waals surface area contributed by atoms with E-state index in [4.69, 9.17) is 14.6 Å². The van der Waals surface area contributed by atoms with Crippen LogP contribution in [0.1, 0.15) is 13.3 Å². The van der Waals surface area contributed by atoms with Crippen molar-refractivity contribution in [2.75, 3.05) is 39.5 Å². The molecule has 5 heteroatoms. The summed E-state index contributed by atoms with van der Waals surface area (Å²) in [5.74, 6) is 0. The second kappa shape index (κ2) is 6.40. The normalized spacial score (nSPS) is 31.0. The van der Waals surface area contributed by atoms with E-state index in [-0.39, 0.29) is 12.7 Å². The van der Waals surface area contributed by atoms with Gasteiger partial charge in [0.2, 0.25) is 0 Å². The Labute approximate surface area is 90.4 Å². The summed E-state index contributed by atoms with van der Waals surface area (Å²) < 4.78 is 10.4. The lowest BCUT2D eigenvalue weighted by Gasteiger charge is -2.26. The first-order chi connectivity index (χ1) is 7.19.